The van der Waals surface area contributed by atoms with Crippen molar-refractivity contribution in [3.8, 4) is 11.5 Å². The number of nitro groups is 2. The van der Waals surface area contributed by atoms with Crippen LogP contribution in [0.1, 0.15) is 10.1 Å². The van der Waals surface area contributed by atoms with Crippen molar-refractivity contribution < 1.29 is 14.6 Å². The molecule has 24 heavy (non-hydrogen) atoms. The number of benzene rings is 2. The molecular formula is C15H12N2O5S2. The molecule has 9 heteroatoms. The van der Waals surface area contributed by atoms with E-state index in [1.807, 2.05) is 35.7 Å². The topological polar surface area (TPSA) is 95.5 Å². The van der Waals surface area contributed by atoms with Gasteiger partial charge in [-0.3, -0.25) is 20.2 Å². The molecule has 1 saturated heterocycles. The highest BCUT2D eigenvalue weighted by atomic mass is 32.2. The van der Waals surface area contributed by atoms with Crippen LogP contribution in [0, 0.1) is 20.2 Å². The molecule has 0 N–H and O–H groups in total. The number of thioether (sulfide) groups is 2. The monoisotopic (exact) mass is 364 g/mol. The van der Waals surface area contributed by atoms with Gasteiger partial charge in [0.2, 0.25) is 5.75 Å². The number of hydrogen-bond donors (Lipinski definition) is 0. The number of non-ortho nitro benzene ring substituents is 1. The maximum atomic E-state index is 11.1. The summed E-state index contributed by atoms with van der Waals surface area (Å²) in [6.07, 6.45) is 0. The van der Waals surface area contributed by atoms with Crippen LogP contribution in [0.5, 0.6) is 11.5 Å². The lowest BCUT2D eigenvalue weighted by Gasteiger charge is -2.10. The quantitative estimate of drug-likeness (QED) is 0.557. The molecule has 1 aliphatic rings. The molecule has 0 bridgehead atoms. The number of nitro benzene ring substituents is 2. The van der Waals surface area contributed by atoms with Gasteiger partial charge in [0.15, 0.2) is 0 Å². The van der Waals surface area contributed by atoms with Gasteiger partial charge < -0.3 is 4.74 Å². The molecule has 0 aliphatic carbocycles. The summed E-state index contributed by atoms with van der Waals surface area (Å²) in [4.78, 5) is 20.5. The van der Waals surface area contributed by atoms with Gasteiger partial charge in [0.05, 0.1) is 20.5 Å². The predicted octanol–water partition coefficient (Wildman–Crippen LogP) is 4.77. The van der Waals surface area contributed by atoms with E-state index in [9.17, 15) is 20.2 Å². The molecule has 2 aromatic carbocycles. The summed E-state index contributed by atoms with van der Waals surface area (Å²) in [5.74, 6) is 2.68. The molecule has 3 rings (SSSR count). The second-order valence-electron chi connectivity index (χ2n) is 4.91. The fourth-order valence-corrected chi connectivity index (χ4v) is 5.08. The molecule has 0 aromatic heterocycles. The van der Waals surface area contributed by atoms with Crippen LogP contribution in [0.3, 0.4) is 0 Å². The van der Waals surface area contributed by atoms with Crippen molar-refractivity contribution in [2.45, 2.75) is 4.58 Å². The molecule has 1 aliphatic heterocycles. The molecule has 0 atom stereocenters. The SMILES string of the molecule is O=[N+]([O-])c1ccc(Oc2ccc(C3SCCS3)cc2)c([N+](=O)[O-])c1. The second-order valence-corrected chi connectivity index (χ2v) is 7.64. The van der Waals surface area contributed by atoms with Crippen LogP contribution in [0.25, 0.3) is 0 Å². The second kappa shape index (κ2) is 7.10. The third kappa shape index (κ3) is 3.62. The van der Waals surface area contributed by atoms with E-state index in [4.69, 9.17) is 4.74 Å². The van der Waals surface area contributed by atoms with Crippen LogP contribution in [-0.4, -0.2) is 21.4 Å². The van der Waals surface area contributed by atoms with Gasteiger partial charge in [0.1, 0.15) is 5.75 Å². The first-order valence-corrected chi connectivity index (χ1v) is 9.08. The smallest absolute Gasteiger partial charge is 0.318 e. The van der Waals surface area contributed by atoms with Crippen LogP contribution in [0.2, 0.25) is 0 Å². The molecule has 7 nitrogen and oxygen atoms in total. The van der Waals surface area contributed by atoms with Crippen LogP contribution in [0.4, 0.5) is 11.4 Å². The Kier molecular flexibility index (Phi) is 4.91. The summed E-state index contributed by atoms with van der Waals surface area (Å²) in [6.45, 7) is 0. The van der Waals surface area contributed by atoms with Gasteiger partial charge in [-0.25, -0.2) is 0 Å². The van der Waals surface area contributed by atoms with Crippen molar-refractivity contribution in [2.75, 3.05) is 11.5 Å². The van der Waals surface area contributed by atoms with Gasteiger partial charge in [-0.1, -0.05) is 12.1 Å². The largest absolute Gasteiger partial charge is 0.450 e. The summed E-state index contributed by atoms with van der Waals surface area (Å²) in [5.41, 5.74) is 0.392. The first-order chi connectivity index (χ1) is 11.5. The Morgan fingerprint density at radius 1 is 0.958 bits per heavy atom. The molecular weight excluding hydrogens is 352 g/mol. The maximum absolute atomic E-state index is 11.1. The molecule has 124 valence electrons. The van der Waals surface area contributed by atoms with E-state index in [1.165, 1.54) is 17.7 Å². The zero-order valence-corrected chi connectivity index (χ0v) is 13.9. The van der Waals surface area contributed by atoms with E-state index in [-0.39, 0.29) is 11.4 Å². The van der Waals surface area contributed by atoms with Gasteiger partial charge in [-0.05, 0) is 23.8 Å². The van der Waals surface area contributed by atoms with Crippen molar-refractivity contribution in [3.05, 3.63) is 68.3 Å². The minimum absolute atomic E-state index is 0.0250. The average molecular weight is 364 g/mol. The highest BCUT2D eigenvalue weighted by Gasteiger charge is 2.22. The molecule has 1 heterocycles. The molecule has 0 amide bonds. The number of hydrogen-bond acceptors (Lipinski definition) is 7. The average Bonchev–Trinajstić information content (AvgIpc) is 3.10. The highest BCUT2D eigenvalue weighted by Crippen LogP contribution is 2.45. The Labute approximate surface area is 145 Å². The van der Waals surface area contributed by atoms with Gasteiger partial charge in [-0.15, -0.1) is 23.5 Å². The van der Waals surface area contributed by atoms with E-state index in [0.717, 1.165) is 17.6 Å². The van der Waals surface area contributed by atoms with Crippen molar-refractivity contribution in [2.24, 2.45) is 0 Å². The molecule has 0 unspecified atom stereocenters. The van der Waals surface area contributed by atoms with Crippen molar-refractivity contribution in [1.29, 1.82) is 0 Å². The van der Waals surface area contributed by atoms with Crippen LogP contribution in [0.15, 0.2) is 42.5 Å². The summed E-state index contributed by atoms with van der Waals surface area (Å²) in [7, 11) is 0. The Hall–Kier alpha value is -2.26. The standard InChI is InChI=1S/C15H12N2O5S2/c18-16(19)11-3-6-14(13(9-11)17(20)21)22-12-4-1-10(2-5-12)15-23-7-8-24-15/h1-6,9,15H,7-8H2. The van der Waals surface area contributed by atoms with Crippen LogP contribution < -0.4 is 4.74 Å². The fourth-order valence-electron chi connectivity index (χ4n) is 2.22. The predicted molar refractivity (Wildman–Crippen MR) is 93.9 cm³/mol. The van der Waals surface area contributed by atoms with Crippen LogP contribution in [-0.2, 0) is 0 Å². The third-order valence-corrected chi connectivity index (χ3v) is 6.46. The molecule has 0 radical (unpaired) electrons. The van der Waals surface area contributed by atoms with E-state index in [2.05, 4.69) is 0 Å². The van der Waals surface area contributed by atoms with Crippen LogP contribution >= 0.6 is 23.5 Å². The zero-order valence-electron chi connectivity index (χ0n) is 12.3. The summed E-state index contributed by atoms with van der Waals surface area (Å²) < 4.78 is 5.96. The first kappa shape index (κ1) is 16.6. The molecule has 0 spiro atoms. The van der Waals surface area contributed by atoms with Gasteiger partial charge in [0.25, 0.3) is 5.69 Å². The van der Waals surface area contributed by atoms with E-state index in [1.54, 1.807) is 12.1 Å². The number of ether oxygens (including phenoxy) is 1. The summed E-state index contributed by atoms with van der Waals surface area (Å²) in [6, 6.07) is 10.7. The Bertz CT molecular complexity index is 776. The van der Waals surface area contributed by atoms with E-state index >= 15 is 0 Å². The van der Waals surface area contributed by atoms with Gasteiger partial charge in [-0.2, -0.15) is 0 Å². The normalized spacial score (nSPS) is 14.5. The third-order valence-electron chi connectivity index (χ3n) is 3.35. The molecule has 2 aromatic rings. The van der Waals surface area contributed by atoms with Crippen molar-refractivity contribution in [3.63, 3.8) is 0 Å². The highest BCUT2D eigenvalue weighted by molar-refractivity contribution is 8.19. The maximum Gasteiger partial charge on any atom is 0.318 e. The van der Waals surface area contributed by atoms with Crippen molar-refractivity contribution in [1.82, 2.24) is 0 Å². The Morgan fingerprint density at radius 3 is 2.21 bits per heavy atom. The molecule has 0 saturated carbocycles. The lowest BCUT2D eigenvalue weighted by molar-refractivity contribution is -0.394. The lowest BCUT2D eigenvalue weighted by Crippen LogP contribution is -1.96. The fraction of sp³-hybridized carbons (Fsp3) is 0.200. The lowest BCUT2D eigenvalue weighted by atomic mass is 10.2. The summed E-state index contributed by atoms with van der Waals surface area (Å²) in [5, 5.41) is 21.9. The minimum atomic E-state index is -0.692. The number of rotatable bonds is 5. The van der Waals surface area contributed by atoms with E-state index in [0.29, 0.717) is 10.3 Å². The van der Waals surface area contributed by atoms with Crippen molar-refractivity contribution >= 4 is 34.9 Å². The zero-order chi connectivity index (χ0) is 17.1. The minimum Gasteiger partial charge on any atom is -0.450 e. The summed E-state index contributed by atoms with van der Waals surface area (Å²) >= 11 is 3.77. The van der Waals surface area contributed by atoms with E-state index < -0.39 is 15.5 Å². The molecule has 1 fully saturated rings. The van der Waals surface area contributed by atoms with Gasteiger partial charge in [0, 0.05) is 17.6 Å². The number of nitrogens with zero attached hydrogens (tertiary/aromatic N) is 2. The Morgan fingerprint density at radius 2 is 1.62 bits per heavy atom. The van der Waals surface area contributed by atoms with Gasteiger partial charge >= 0.3 is 5.69 Å². The first-order valence-electron chi connectivity index (χ1n) is 6.98. The Balaban J connectivity index is 1.82.